The van der Waals surface area contributed by atoms with Gasteiger partial charge in [-0.3, -0.25) is 14.5 Å². The van der Waals surface area contributed by atoms with Gasteiger partial charge >= 0.3 is 0 Å². The Morgan fingerprint density at radius 3 is 2.17 bits per heavy atom. The van der Waals surface area contributed by atoms with Gasteiger partial charge in [0.2, 0.25) is 11.8 Å². The summed E-state index contributed by atoms with van der Waals surface area (Å²) in [6.07, 6.45) is 12.1. The highest BCUT2D eigenvalue weighted by molar-refractivity contribution is 5.84. The zero-order valence-corrected chi connectivity index (χ0v) is 15.0. The van der Waals surface area contributed by atoms with E-state index in [2.05, 4.69) is 10.2 Å². The van der Waals surface area contributed by atoms with Crippen molar-refractivity contribution < 1.29 is 9.59 Å². The van der Waals surface area contributed by atoms with Crippen molar-refractivity contribution in [2.75, 3.05) is 32.7 Å². The van der Waals surface area contributed by atoms with Crippen LogP contribution >= 0.6 is 0 Å². The minimum absolute atomic E-state index is 0.0415. The molecule has 2 amide bonds. The molecule has 0 unspecified atom stereocenters. The maximum Gasteiger partial charge on any atom is 0.242 e. The van der Waals surface area contributed by atoms with Crippen molar-refractivity contribution in [1.82, 2.24) is 15.1 Å². The van der Waals surface area contributed by atoms with E-state index in [1.165, 1.54) is 51.4 Å². The summed E-state index contributed by atoms with van der Waals surface area (Å²) in [6.45, 7) is 3.78. The average Bonchev–Trinajstić information content (AvgIpc) is 3.31. The smallest absolute Gasteiger partial charge is 0.242 e. The summed E-state index contributed by atoms with van der Waals surface area (Å²) in [7, 11) is 0. The molecule has 2 aliphatic carbocycles. The summed E-state index contributed by atoms with van der Waals surface area (Å²) < 4.78 is 0. The van der Waals surface area contributed by atoms with E-state index in [0.717, 1.165) is 44.6 Å². The molecule has 1 N–H and O–H groups in total. The number of nitrogens with one attached hydrogen (secondary N) is 1. The Morgan fingerprint density at radius 1 is 0.875 bits per heavy atom. The summed E-state index contributed by atoms with van der Waals surface area (Å²) in [5.41, 5.74) is 0. The molecule has 2 saturated carbocycles. The third-order valence-electron chi connectivity index (χ3n) is 6.20. The van der Waals surface area contributed by atoms with Crippen molar-refractivity contribution >= 4 is 11.8 Å². The van der Waals surface area contributed by atoms with Crippen molar-refractivity contribution in [2.45, 2.75) is 70.3 Å². The van der Waals surface area contributed by atoms with Gasteiger partial charge in [-0.1, -0.05) is 38.5 Å². The minimum Gasteiger partial charge on any atom is -0.347 e. The van der Waals surface area contributed by atoms with Crippen LogP contribution in [0.4, 0.5) is 0 Å². The van der Waals surface area contributed by atoms with Gasteiger partial charge in [0.05, 0.1) is 6.54 Å². The van der Waals surface area contributed by atoms with Gasteiger partial charge in [0, 0.05) is 38.6 Å². The fourth-order valence-corrected chi connectivity index (χ4v) is 4.61. The van der Waals surface area contributed by atoms with Crippen molar-refractivity contribution in [2.24, 2.45) is 5.92 Å². The van der Waals surface area contributed by atoms with Crippen LogP contribution in [-0.2, 0) is 9.59 Å². The lowest BCUT2D eigenvalue weighted by molar-refractivity contribution is -0.134. The van der Waals surface area contributed by atoms with E-state index in [4.69, 9.17) is 0 Å². The molecule has 3 fully saturated rings. The fourth-order valence-electron chi connectivity index (χ4n) is 4.61. The number of hydrogen-bond acceptors (Lipinski definition) is 3. The third kappa shape index (κ3) is 4.95. The van der Waals surface area contributed by atoms with Crippen LogP contribution < -0.4 is 5.32 Å². The Hall–Kier alpha value is -1.10. The highest BCUT2D eigenvalue weighted by atomic mass is 16.2. The Kier molecular flexibility index (Phi) is 6.52. The number of carbonyl (C=O) groups excluding carboxylic acids is 2. The summed E-state index contributed by atoms with van der Waals surface area (Å²) in [5, 5.41) is 2.83. The summed E-state index contributed by atoms with van der Waals surface area (Å²) in [6, 6.07) is 0.748. The second-order valence-electron chi connectivity index (χ2n) is 7.82. The zero-order chi connectivity index (χ0) is 16.8. The molecule has 0 aromatic carbocycles. The molecular formula is C19H33N3O2. The molecule has 1 aliphatic heterocycles. The third-order valence-corrected chi connectivity index (χ3v) is 6.20. The summed E-state index contributed by atoms with van der Waals surface area (Å²) in [5.74, 6) is 0.852. The molecule has 0 atom stereocenters. The van der Waals surface area contributed by atoms with Crippen molar-refractivity contribution in [3.63, 3.8) is 0 Å². The molecular weight excluding hydrogens is 302 g/mol. The number of nitrogens with zero attached hydrogens (tertiary/aromatic N) is 2. The number of rotatable bonds is 6. The Morgan fingerprint density at radius 2 is 1.50 bits per heavy atom. The largest absolute Gasteiger partial charge is 0.347 e. The standard InChI is InChI=1S/C19H33N3O2/c23-18(10-9-16-5-1-2-6-16)20-15-19(24)22-13-11-21(12-14-22)17-7-3-4-8-17/h16-17H,1-15H2,(H,20,23). The van der Waals surface area contributed by atoms with Gasteiger partial charge in [-0.05, 0) is 25.2 Å². The van der Waals surface area contributed by atoms with Gasteiger partial charge in [0.1, 0.15) is 0 Å². The maximum absolute atomic E-state index is 12.3. The molecule has 24 heavy (non-hydrogen) atoms. The molecule has 3 rings (SSSR count). The highest BCUT2D eigenvalue weighted by Gasteiger charge is 2.27. The van der Waals surface area contributed by atoms with Gasteiger partial charge in [-0.25, -0.2) is 0 Å². The first-order valence-electron chi connectivity index (χ1n) is 10.0. The van der Waals surface area contributed by atoms with Crippen LogP contribution in [0.2, 0.25) is 0 Å². The van der Waals surface area contributed by atoms with Crippen molar-refractivity contribution in [3.8, 4) is 0 Å². The van der Waals surface area contributed by atoms with Crippen LogP contribution in [-0.4, -0.2) is 60.4 Å². The first-order valence-corrected chi connectivity index (χ1v) is 10.0. The van der Waals surface area contributed by atoms with Crippen LogP contribution in [0.3, 0.4) is 0 Å². The van der Waals surface area contributed by atoms with Crippen molar-refractivity contribution in [1.29, 1.82) is 0 Å². The SMILES string of the molecule is O=C(CCC1CCCC1)NCC(=O)N1CCN(C2CCCC2)CC1. The molecule has 1 saturated heterocycles. The summed E-state index contributed by atoms with van der Waals surface area (Å²) in [4.78, 5) is 28.7. The van der Waals surface area contributed by atoms with Crippen molar-refractivity contribution in [3.05, 3.63) is 0 Å². The number of carbonyl (C=O) groups is 2. The first kappa shape index (κ1) is 17.7. The number of piperazine rings is 1. The molecule has 3 aliphatic rings. The van der Waals surface area contributed by atoms with Crippen LogP contribution in [0.15, 0.2) is 0 Å². The monoisotopic (exact) mass is 335 g/mol. The van der Waals surface area contributed by atoms with E-state index in [1.54, 1.807) is 0 Å². The van der Waals surface area contributed by atoms with E-state index in [9.17, 15) is 9.59 Å². The predicted molar refractivity (Wildman–Crippen MR) is 94.6 cm³/mol. The minimum atomic E-state index is 0.0415. The maximum atomic E-state index is 12.3. The van der Waals surface area contributed by atoms with E-state index in [-0.39, 0.29) is 18.4 Å². The van der Waals surface area contributed by atoms with Crippen LogP contribution in [0.5, 0.6) is 0 Å². The van der Waals surface area contributed by atoms with Crippen LogP contribution in [0.25, 0.3) is 0 Å². The molecule has 0 bridgehead atoms. The second-order valence-corrected chi connectivity index (χ2v) is 7.82. The lowest BCUT2D eigenvalue weighted by Crippen LogP contribution is -2.53. The molecule has 0 spiro atoms. The number of hydrogen-bond donors (Lipinski definition) is 1. The van der Waals surface area contributed by atoms with Crippen LogP contribution in [0.1, 0.15) is 64.2 Å². The molecule has 136 valence electrons. The Labute approximate surface area is 146 Å². The number of amides is 2. The van der Waals surface area contributed by atoms with Gasteiger partial charge in [0.15, 0.2) is 0 Å². The van der Waals surface area contributed by atoms with Crippen LogP contribution in [0, 0.1) is 5.92 Å². The zero-order valence-electron chi connectivity index (χ0n) is 15.0. The van der Waals surface area contributed by atoms with E-state index in [1.807, 2.05) is 4.90 Å². The second kappa shape index (κ2) is 8.84. The van der Waals surface area contributed by atoms with Gasteiger partial charge < -0.3 is 10.2 Å². The average molecular weight is 335 g/mol. The first-order chi connectivity index (χ1) is 11.7. The normalized spacial score (nSPS) is 23.8. The molecule has 5 nitrogen and oxygen atoms in total. The predicted octanol–water partition coefficient (Wildman–Crippen LogP) is 2.16. The molecule has 1 heterocycles. The van der Waals surface area contributed by atoms with Gasteiger partial charge in [0.25, 0.3) is 0 Å². The Balaban J connectivity index is 1.29. The molecule has 0 aromatic heterocycles. The van der Waals surface area contributed by atoms with Gasteiger partial charge in [-0.2, -0.15) is 0 Å². The summed E-state index contributed by atoms with van der Waals surface area (Å²) >= 11 is 0. The highest BCUT2D eigenvalue weighted by Crippen LogP contribution is 2.28. The quantitative estimate of drug-likeness (QED) is 0.809. The molecule has 0 radical (unpaired) electrons. The molecule has 0 aromatic rings. The van der Waals surface area contributed by atoms with Gasteiger partial charge in [-0.15, -0.1) is 0 Å². The lowest BCUT2D eigenvalue weighted by atomic mass is 10.0. The molecule has 5 heteroatoms. The van der Waals surface area contributed by atoms with E-state index in [0.29, 0.717) is 6.42 Å². The lowest BCUT2D eigenvalue weighted by Gasteiger charge is -2.38. The van der Waals surface area contributed by atoms with E-state index >= 15 is 0 Å². The fraction of sp³-hybridized carbons (Fsp3) is 0.895. The topological polar surface area (TPSA) is 52.7 Å². The van der Waals surface area contributed by atoms with E-state index < -0.39 is 0 Å². The Bertz CT molecular complexity index is 420.